The Bertz CT molecular complexity index is 700. The van der Waals surface area contributed by atoms with Crippen LogP contribution in [-0.4, -0.2) is 16.9 Å². The Kier molecular flexibility index (Phi) is 4.82. The van der Waals surface area contributed by atoms with Gasteiger partial charge in [-0.05, 0) is 48.3 Å². The average molecular weight is 334 g/mol. The molecule has 4 rings (SSSR count). The van der Waals surface area contributed by atoms with Crippen LogP contribution in [0.15, 0.2) is 54.9 Å². The molecule has 130 valence electrons. The number of carbonyl (C=O) groups is 1. The summed E-state index contributed by atoms with van der Waals surface area (Å²) in [4.78, 5) is 16.7. The zero-order chi connectivity index (χ0) is 17.1. The van der Waals surface area contributed by atoms with Crippen molar-refractivity contribution >= 4 is 5.91 Å². The van der Waals surface area contributed by atoms with Gasteiger partial charge in [0, 0.05) is 30.8 Å². The summed E-state index contributed by atoms with van der Waals surface area (Å²) in [6, 6.07) is 15.0. The van der Waals surface area contributed by atoms with E-state index in [1.807, 2.05) is 18.3 Å². The van der Waals surface area contributed by atoms with Crippen molar-refractivity contribution in [3.05, 3.63) is 66.0 Å². The Morgan fingerprint density at radius 2 is 1.84 bits per heavy atom. The fraction of sp³-hybridized carbons (Fsp3) is 0.455. The molecule has 2 aromatic rings. The first-order valence-electron chi connectivity index (χ1n) is 9.56. The second-order valence-electron chi connectivity index (χ2n) is 7.50. The maximum absolute atomic E-state index is 12.5. The zero-order valence-electron chi connectivity index (χ0n) is 14.6. The second-order valence-corrected chi connectivity index (χ2v) is 7.50. The van der Waals surface area contributed by atoms with Gasteiger partial charge in [0.25, 0.3) is 0 Å². The van der Waals surface area contributed by atoms with Crippen molar-refractivity contribution in [2.45, 2.75) is 50.5 Å². The quantitative estimate of drug-likeness (QED) is 0.894. The number of hydrogen-bond acceptors (Lipinski definition) is 2. The van der Waals surface area contributed by atoms with Crippen LogP contribution >= 0.6 is 0 Å². The molecule has 25 heavy (non-hydrogen) atoms. The van der Waals surface area contributed by atoms with E-state index in [9.17, 15) is 4.79 Å². The van der Waals surface area contributed by atoms with Crippen LogP contribution < -0.4 is 5.32 Å². The van der Waals surface area contributed by atoms with Crippen LogP contribution in [0.4, 0.5) is 0 Å². The van der Waals surface area contributed by atoms with Crippen molar-refractivity contribution in [3.8, 4) is 0 Å². The number of rotatable bonds is 5. The van der Waals surface area contributed by atoms with Crippen LogP contribution in [0.1, 0.15) is 49.1 Å². The highest BCUT2D eigenvalue weighted by atomic mass is 16.1. The molecule has 1 aromatic carbocycles. The van der Waals surface area contributed by atoms with Gasteiger partial charge in [0.1, 0.15) is 0 Å². The van der Waals surface area contributed by atoms with Gasteiger partial charge < -0.3 is 5.32 Å². The molecule has 2 fully saturated rings. The lowest BCUT2D eigenvalue weighted by molar-refractivity contribution is -0.124. The number of fused-ring (bicyclic) bond motifs is 1. The van der Waals surface area contributed by atoms with E-state index < -0.39 is 0 Å². The van der Waals surface area contributed by atoms with Crippen LogP contribution in [0.2, 0.25) is 0 Å². The molecular weight excluding hydrogens is 308 g/mol. The highest BCUT2D eigenvalue weighted by molar-refractivity contribution is 5.77. The number of nitrogens with zero attached hydrogens (tertiary/aromatic N) is 1. The molecule has 0 spiro atoms. The van der Waals surface area contributed by atoms with Crippen LogP contribution in [0.3, 0.4) is 0 Å². The molecule has 4 atom stereocenters. The SMILES string of the molecule is O=C(CCc1cccnc1)N[C@H]1[C@H]2CCCC[C@H]2[C@@H]1c1ccccc1. The van der Waals surface area contributed by atoms with E-state index in [0.717, 1.165) is 17.9 Å². The summed E-state index contributed by atoms with van der Waals surface area (Å²) in [5.74, 6) is 2.09. The number of aryl methyl sites for hydroxylation is 1. The minimum Gasteiger partial charge on any atom is -0.352 e. The van der Waals surface area contributed by atoms with Gasteiger partial charge in [-0.2, -0.15) is 0 Å². The van der Waals surface area contributed by atoms with Crippen LogP contribution in [0.5, 0.6) is 0 Å². The Morgan fingerprint density at radius 3 is 2.60 bits per heavy atom. The number of carbonyl (C=O) groups excluding carboxylic acids is 1. The van der Waals surface area contributed by atoms with Gasteiger partial charge in [0.05, 0.1) is 0 Å². The molecule has 0 aliphatic heterocycles. The zero-order valence-corrected chi connectivity index (χ0v) is 14.6. The summed E-state index contributed by atoms with van der Waals surface area (Å²) in [6.07, 6.45) is 10.1. The van der Waals surface area contributed by atoms with E-state index in [1.54, 1.807) is 6.20 Å². The van der Waals surface area contributed by atoms with Crippen molar-refractivity contribution in [1.29, 1.82) is 0 Å². The van der Waals surface area contributed by atoms with E-state index in [4.69, 9.17) is 0 Å². The van der Waals surface area contributed by atoms with Crippen LogP contribution in [-0.2, 0) is 11.2 Å². The van der Waals surface area contributed by atoms with Gasteiger partial charge in [-0.1, -0.05) is 49.2 Å². The third-order valence-corrected chi connectivity index (χ3v) is 6.06. The number of amides is 1. The molecule has 2 aliphatic carbocycles. The van der Waals surface area contributed by atoms with Crippen LogP contribution in [0, 0.1) is 11.8 Å². The Morgan fingerprint density at radius 1 is 1.04 bits per heavy atom. The minimum absolute atomic E-state index is 0.179. The molecule has 1 amide bonds. The molecular formula is C22H26N2O. The molecule has 0 bridgehead atoms. The van der Waals surface area contributed by atoms with E-state index in [1.165, 1.54) is 31.2 Å². The third-order valence-electron chi connectivity index (χ3n) is 6.06. The summed E-state index contributed by atoms with van der Waals surface area (Å²) < 4.78 is 0. The Balaban J connectivity index is 1.41. The predicted molar refractivity (Wildman–Crippen MR) is 99.1 cm³/mol. The van der Waals surface area contributed by atoms with E-state index in [2.05, 4.69) is 40.6 Å². The number of pyridine rings is 1. The lowest BCUT2D eigenvalue weighted by Gasteiger charge is -2.55. The number of aromatic nitrogens is 1. The van der Waals surface area contributed by atoms with Crippen molar-refractivity contribution in [3.63, 3.8) is 0 Å². The summed E-state index contributed by atoms with van der Waals surface area (Å²) >= 11 is 0. The molecule has 1 aromatic heterocycles. The van der Waals surface area contributed by atoms with Gasteiger partial charge in [-0.25, -0.2) is 0 Å². The first kappa shape index (κ1) is 16.3. The molecule has 1 N–H and O–H groups in total. The summed E-state index contributed by atoms with van der Waals surface area (Å²) in [6.45, 7) is 0. The van der Waals surface area contributed by atoms with Gasteiger partial charge in [-0.3, -0.25) is 9.78 Å². The maximum atomic E-state index is 12.5. The summed E-state index contributed by atoms with van der Waals surface area (Å²) in [5, 5.41) is 3.38. The molecule has 3 heteroatoms. The topological polar surface area (TPSA) is 42.0 Å². The van der Waals surface area contributed by atoms with Crippen molar-refractivity contribution in [2.24, 2.45) is 11.8 Å². The number of benzene rings is 1. The van der Waals surface area contributed by atoms with E-state index in [0.29, 0.717) is 24.3 Å². The highest BCUT2D eigenvalue weighted by Gasteiger charge is 2.51. The largest absolute Gasteiger partial charge is 0.352 e. The number of nitrogens with one attached hydrogen (secondary N) is 1. The maximum Gasteiger partial charge on any atom is 0.220 e. The van der Waals surface area contributed by atoms with E-state index >= 15 is 0 Å². The lowest BCUT2D eigenvalue weighted by Crippen LogP contribution is -2.59. The molecule has 0 radical (unpaired) electrons. The highest BCUT2D eigenvalue weighted by Crippen LogP contribution is 2.54. The average Bonchev–Trinajstić information content (AvgIpc) is 2.66. The standard InChI is InChI=1S/C22H26N2O/c25-20(13-12-16-7-6-14-23-15-16)24-22-19-11-5-4-10-18(19)21(22)17-8-2-1-3-9-17/h1-3,6-9,14-15,18-19,21-22H,4-5,10-13H2,(H,24,25)/t18-,19+,21+,22+/m1/s1. The monoisotopic (exact) mass is 334 g/mol. The van der Waals surface area contributed by atoms with Crippen molar-refractivity contribution < 1.29 is 4.79 Å². The predicted octanol–water partition coefficient (Wildman–Crippen LogP) is 4.10. The minimum atomic E-state index is 0.179. The molecule has 1 heterocycles. The first-order valence-corrected chi connectivity index (χ1v) is 9.56. The summed E-state index contributed by atoms with van der Waals surface area (Å²) in [5.41, 5.74) is 2.52. The van der Waals surface area contributed by atoms with Gasteiger partial charge in [0.2, 0.25) is 5.91 Å². The molecule has 3 nitrogen and oxygen atoms in total. The fourth-order valence-corrected chi connectivity index (χ4v) is 4.86. The molecule has 2 saturated carbocycles. The second kappa shape index (κ2) is 7.38. The summed E-state index contributed by atoms with van der Waals surface area (Å²) in [7, 11) is 0. The number of hydrogen-bond donors (Lipinski definition) is 1. The first-order chi connectivity index (χ1) is 12.3. The molecule has 0 unspecified atom stereocenters. The van der Waals surface area contributed by atoms with Crippen molar-refractivity contribution in [2.75, 3.05) is 0 Å². The van der Waals surface area contributed by atoms with Crippen LogP contribution in [0.25, 0.3) is 0 Å². The lowest BCUT2D eigenvalue weighted by atomic mass is 9.53. The Labute approximate surface area is 149 Å². The van der Waals surface area contributed by atoms with Gasteiger partial charge in [0.15, 0.2) is 0 Å². The normalized spacial score (nSPS) is 27.8. The molecule has 2 aliphatic rings. The van der Waals surface area contributed by atoms with Gasteiger partial charge >= 0.3 is 0 Å². The third kappa shape index (κ3) is 3.46. The smallest absolute Gasteiger partial charge is 0.220 e. The molecule has 0 saturated heterocycles. The van der Waals surface area contributed by atoms with Crippen molar-refractivity contribution in [1.82, 2.24) is 10.3 Å². The fourth-order valence-electron chi connectivity index (χ4n) is 4.86. The Hall–Kier alpha value is -2.16. The van der Waals surface area contributed by atoms with Gasteiger partial charge in [-0.15, -0.1) is 0 Å². The van der Waals surface area contributed by atoms with E-state index in [-0.39, 0.29) is 5.91 Å².